The highest BCUT2D eigenvalue weighted by atomic mass is 127. The summed E-state index contributed by atoms with van der Waals surface area (Å²) in [5.41, 5.74) is 3.85. The summed E-state index contributed by atoms with van der Waals surface area (Å²) >= 11 is 3.60. The molecule has 1 aromatic carbocycles. The molecular weight excluding hydrogens is 653 g/mol. The summed E-state index contributed by atoms with van der Waals surface area (Å²) in [6, 6.07) is 7.53. The maximum absolute atomic E-state index is 13.6. The molecule has 1 aliphatic heterocycles. The Labute approximate surface area is 260 Å². The predicted octanol–water partition coefficient (Wildman–Crippen LogP) is 6.30. The second-order valence-corrected chi connectivity index (χ2v) is 13.1. The largest absolute Gasteiger partial charge is 0.504 e. The fourth-order valence-electron chi connectivity index (χ4n) is 6.41. The Morgan fingerprint density at radius 3 is 2.63 bits per heavy atom. The number of thiophene rings is 1. The van der Waals surface area contributed by atoms with Crippen LogP contribution in [0, 0.1) is 21.3 Å². The van der Waals surface area contributed by atoms with E-state index in [-0.39, 0.29) is 30.7 Å². The van der Waals surface area contributed by atoms with E-state index < -0.39 is 23.9 Å². The Bertz CT molecular complexity index is 1300. The molecule has 3 N–H and O–H groups in total. The first kappa shape index (κ1) is 31.7. The van der Waals surface area contributed by atoms with E-state index >= 15 is 0 Å². The molecule has 222 valence electrons. The van der Waals surface area contributed by atoms with Crippen LogP contribution in [0.1, 0.15) is 69.2 Å². The van der Waals surface area contributed by atoms with E-state index in [2.05, 4.69) is 42.5 Å². The highest BCUT2D eigenvalue weighted by Crippen LogP contribution is 2.47. The van der Waals surface area contributed by atoms with Crippen LogP contribution < -0.4 is 4.74 Å². The second kappa shape index (κ2) is 14.3. The first-order valence-electron chi connectivity index (χ1n) is 14.4. The van der Waals surface area contributed by atoms with Crippen molar-refractivity contribution in [3.8, 4) is 11.5 Å². The molecule has 0 saturated carbocycles. The average Bonchev–Trinajstić information content (AvgIpc) is 3.55. The van der Waals surface area contributed by atoms with Crippen LogP contribution in [0.15, 0.2) is 46.4 Å². The summed E-state index contributed by atoms with van der Waals surface area (Å²) < 4.78 is 6.02. The number of hydrogen-bond acceptors (Lipinski definition) is 7. The summed E-state index contributed by atoms with van der Waals surface area (Å²) in [5, 5.41) is 34.3. The van der Waals surface area contributed by atoms with E-state index in [9.17, 15) is 24.9 Å². The number of nitrogens with zero attached hydrogens (tertiary/aromatic N) is 1. The Balaban J connectivity index is 1.58. The summed E-state index contributed by atoms with van der Waals surface area (Å²) in [6.07, 6.45) is 6.19. The van der Waals surface area contributed by atoms with Gasteiger partial charge in [0.1, 0.15) is 0 Å². The summed E-state index contributed by atoms with van der Waals surface area (Å²) in [7, 11) is 1.53. The fourth-order valence-corrected chi connectivity index (χ4v) is 7.73. The van der Waals surface area contributed by atoms with Crippen molar-refractivity contribution >= 4 is 51.8 Å². The van der Waals surface area contributed by atoms with Crippen molar-refractivity contribution in [3.63, 3.8) is 0 Å². The number of carbonyl (C=O) groups excluding carboxylic acids is 2. The molecule has 2 aliphatic rings. The van der Waals surface area contributed by atoms with Crippen molar-refractivity contribution in [1.29, 1.82) is 0 Å². The van der Waals surface area contributed by atoms with Gasteiger partial charge in [-0.1, -0.05) is 50.0 Å². The Hall–Kier alpha value is -2.21. The van der Waals surface area contributed by atoms with Gasteiger partial charge in [0.15, 0.2) is 11.5 Å². The number of aliphatic hydroxyl groups is 2. The monoisotopic (exact) mass is 693 g/mol. The Kier molecular flexibility index (Phi) is 11.1. The molecule has 4 atom stereocenters. The number of likely N-dealkylation sites (tertiary alicyclic amines) is 1. The van der Waals surface area contributed by atoms with Crippen LogP contribution in [0.4, 0.5) is 0 Å². The van der Waals surface area contributed by atoms with Gasteiger partial charge in [-0.2, -0.15) is 0 Å². The van der Waals surface area contributed by atoms with E-state index in [4.69, 9.17) is 4.74 Å². The van der Waals surface area contributed by atoms with Gasteiger partial charge in [-0.05, 0) is 89.4 Å². The van der Waals surface area contributed by atoms with E-state index in [1.807, 2.05) is 23.6 Å². The van der Waals surface area contributed by atoms with Crippen LogP contribution in [0.3, 0.4) is 0 Å². The number of ether oxygens (including phenoxy) is 1. The number of methoxy groups -OCH3 is 1. The highest BCUT2D eigenvalue weighted by molar-refractivity contribution is 14.1. The van der Waals surface area contributed by atoms with Crippen LogP contribution in [0.25, 0.3) is 6.08 Å². The van der Waals surface area contributed by atoms with Crippen molar-refractivity contribution in [3.05, 3.63) is 60.4 Å². The molecule has 2 heterocycles. The lowest BCUT2D eigenvalue weighted by atomic mass is 9.67. The van der Waals surface area contributed by atoms with Gasteiger partial charge < -0.3 is 20.1 Å². The minimum absolute atomic E-state index is 0.118. The van der Waals surface area contributed by atoms with E-state index in [0.717, 1.165) is 52.8 Å². The third-order valence-corrected chi connectivity index (χ3v) is 9.91. The zero-order valence-electron chi connectivity index (χ0n) is 23.9. The van der Waals surface area contributed by atoms with Gasteiger partial charge in [-0.3, -0.25) is 14.5 Å². The average molecular weight is 694 g/mol. The molecule has 4 rings (SSSR count). The number of aromatic hydroxyl groups is 1. The Morgan fingerprint density at radius 2 is 2.00 bits per heavy atom. The van der Waals surface area contributed by atoms with Gasteiger partial charge in [0, 0.05) is 10.8 Å². The van der Waals surface area contributed by atoms with Gasteiger partial charge in [-0.25, -0.2) is 0 Å². The maximum Gasteiger partial charge on any atom is 0.234 e. The number of aliphatic hydroxyl groups excluding tert-OH is 2. The minimum atomic E-state index is -0.821. The molecule has 1 aliphatic carbocycles. The summed E-state index contributed by atoms with van der Waals surface area (Å²) in [6.45, 7) is 4.15. The van der Waals surface area contributed by atoms with Crippen molar-refractivity contribution in [2.45, 2.75) is 71.4 Å². The number of imide groups is 1. The summed E-state index contributed by atoms with van der Waals surface area (Å²) in [5.74, 6) is -1.57. The van der Waals surface area contributed by atoms with E-state index in [0.29, 0.717) is 28.6 Å². The molecule has 1 saturated heterocycles. The van der Waals surface area contributed by atoms with Gasteiger partial charge in [0.05, 0.1) is 41.8 Å². The number of allylic oxidation sites excluding steroid dienone is 2. The Morgan fingerprint density at radius 1 is 1.22 bits per heavy atom. The van der Waals surface area contributed by atoms with Crippen molar-refractivity contribution in [1.82, 2.24) is 4.90 Å². The first-order valence-corrected chi connectivity index (χ1v) is 16.3. The van der Waals surface area contributed by atoms with E-state index in [1.54, 1.807) is 6.07 Å². The standard InChI is InChI=1S/C32H40INO6S/c1-4-7-19(13-20-14-25(33)30(37)27(15-20)40-3)10-11-26(36)28-21(8-5-2)16-23-29(24(28)18-35)32(39)34(31(23)38)17-22-9-6-12-41-22/h6,9,12-15,23-24,26,29,35-37H,4-5,7-8,10-11,16-18H2,1-3H3/b19-13+/t23-,24+,26-,29-/m1/s1. The lowest BCUT2D eigenvalue weighted by molar-refractivity contribution is -0.140. The molecular formula is C32H40INO6S. The van der Waals surface area contributed by atoms with Crippen LogP contribution in [0.5, 0.6) is 11.5 Å². The number of rotatable bonds is 13. The number of fused-ring (bicyclic) bond motifs is 1. The minimum Gasteiger partial charge on any atom is -0.504 e. The number of benzene rings is 1. The summed E-state index contributed by atoms with van der Waals surface area (Å²) in [4.78, 5) is 29.3. The van der Waals surface area contributed by atoms with Gasteiger partial charge >= 0.3 is 0 Å². The maximum atomic E-state index is 13.6. The quantitative estimate of drug-likeness (QED) is 0.129. The predicted molar refractivity (Wildman–Crippen MR) is 169 cm³/mol. The third kappa shape index (κ3) is 6.89. The van der Waals surface area contributed by atoms with Gasteiger partial charge in [0.2, 0.25) is 11.8 Å². The molecule has 9 heteroatoms. The number of carbonyl (C=O) groups is 2. The zero-order valence-corrected chi connectivity index (χ0v) is 26.9. The molecule has 0 unspecified atom stereocenters. The van der Waals surface area contributed by atoms with Gasteiger partial charge in [0.25, 0.3) is 0 Å². The molecule has 0 bridgehead atoms. The molecule has 1 fully saturated rings. The molecule has 7 nitrogen and oxygen atoms in total. The number of hydrogen-bond donors (Lipinski definition) is 3. The fraction of sp³-hybridized carbons (Fsp3) is 0.500. The zero-order chi connectivity index (χ0) is 29.7. The van der Waals surface area contributed by atoms with Gasteiger partial charge in [-0.15, -0.1) is 11.3 Å². The smallest absolute Gasteiger partial charge is 0.234 e. The third-order valence-electron chi connectivity index (χ3n) is 8.23. The van der Waals surface area contributed by atoms with Crippen LogP contribution in [-0.2, 0) is 16.1 Å². The lowest BCUT2D eigenvalue weighted by Crippen LogP contribution is -2.39. The van der Waals surface area contributed by atoms with Crippen molar-refractivity contribution in [2.24, 2.45) is 17.8 Å². The molecule has 0 radical (unpaired) electrons. The van der Waals surface area contributed by atoms with Crippen molar-refractivity contribution < 1.29 is 29.6 Å². The topological polar surface area (TPSA) is 107 Å². The highest BCUT2D eigenvalue weighted by Gasteiger charge is 2.54. The van der Waals surface area contributed by atoms with Crippen LogP contribution in [-0.4, -0.2) is 51.9 Å². The lowest BCUT2D eigenvalue weighted by Gasteiger charge is -2.36. The molecule has 41 heavy (non-hydrogen) atoms. The second-order valence-electron chi connectivity index (χ2n) is 10.9. The number of amides is 2. The van der Waals surface area contributed by atoms with Crippen LogP contribution in [0.2, 0.25) is 0 Å². The van der Waals surface area contributed by atoms with Crippen LogP contribution >= 0.6 is 33.9 Å². The molecule has 1 aromatic heterocycles. The number of phenolic OH excluding ortho intramolecular Hbond substituents is 1. The SMILES string of the molecule is CCCC1=C([C@H](O)CC/C(=C/c2cc(I)c(O)c(OC)c2)CCC)[C@H](CO)[C@@H]2C(=O)N(Cc3cccs3)C(=O)[C@@H]2C1. The molecule has 0 spiro atoms. The number of halogens is 1. The molecule has 2 aromatic rings. The van der Waals surface area contributed by atoms with Crippen molar-refractivity contribution in [2.75, 3.05) is 13.7 Å². The molecule has 2 amide bonds. The van der Waals surface area contributed by atoms with E-state index in [1.165, 1.54) is 23.3 Å². The normalized spacial score (nSPS) is 22.0. The number of phenols is 1. The first-order chi connectivity index (χ1) is 19.7.